The zero-order valence-electron chi connectivity index (χ0n) is 12.6. The van der Waals surface area contributed by atoms with Gasteiger partial charge in [-0.3, -0.25) is 0 Å². The molecule has 0 fully saturated rings. The molecule has 0 aliphatic rings. The number of hydrogen-bond acceptors (Lipinski definition) is 2. The normalized spacial score (nSPS) is 10.9. The van der Waals surface area contributed by atoms with Gasteiger partial charge in [-0.1, -0.05) is 64.0 Å². The first kappa shape index (κ1) is 17.5. The number of aromatic hydroxyl groups is 1. The fraction of sp³-hybridized carbons (Fsp3) is 0.647. The van der Waals surface area contributed by atoms with Gasteiger partial charge in [-0.05, 0) is 35.0 Å². The van der Waals surface area contributed by atoms with Crippen molar-refractivity contribution in [3.8, 4) is 5.75 Å². The maximum atomic E-state index is 9.85. The van der Waals surface area contributed by atoms with Gasteiger partial charge in [-0.15, -0.1) is 0 Å². The molecule has 3 heteroatoms. The first-order valence-corrected chi connectivity index (χ1v) is 8.72. The van der Waals surface area contributed by atoms with Gasteiger partial charge in [-0.2, -0.15) is 0 Å². The molecule has 0 aliphatic heterocycles. The minimum Gasteiger partial charge on any atom is -0.506 e. The van der Waals surface area contributed by atoms with Crippen LogP contribution in [0.1, 0.15) is 63.9 Å². The lowest BCUT2D eigenvalue weighted by atomic mass is 10.1. The summed E-state index contributed by atoms with van der Waals surface area (Å²) in [6.07, 6.45) is 10.8. The first-order valence-electron chi connectivity index (χ1n) is 7.92. The molecule has 0 heterocycles. The fourth-order valence-corrected chi connectivity index (χ4v) is 2.72. The van der Waals surface area contributed by atoms with Gasteiger partial charge in [-0.25, -0.2) is 0 Å². The van der Waals surface area contributed by atoms with Crippen molar-refractivity contribution >= 4 is 15.9 Å². The van der Waals surface area contributed by atoms with Gasteiger partial charge in [0.15, 0.2) is 0 Å². The highest BCUT2D eigenvalue weighted by Crippen LogP contribution is 2.27. The lowest BCUT2D eigenvalue weighted by Gasteiger charge is -2.08. The van der Waals surface area contributed by atoms with E-state index in [4.69, 9.17) is 0 Å². The van der Waals surface area contributed by atoms with Crippen LogP contribution >= 0.6 is 15.9 Å². The van der Waals surface area contributed by atoms with Crippen molar-refractivity contribution in [2.45, 2.75) is 64.8 Å². The van der Waals surface area contributed by atoms with E-state index in [-0.39, 0.29) is 0 Å². The zero-order chi connectivity index (χ0) is 14.6. The summed E-state index contributed by atoms with van der Waals surface area (Å²) in [4.78, 5) is 0. The number of halogens is 1. The van der Waals surface area contributed by atoms with Gasteiger partial charge >= 0.3 is 0 Å². The quantitative estimate of drug-likeness (QED) is 0.529. The Balaban J connectivity index is 1.98. The van der Waals surface area contributed by atoms with Gasteiger partial charge in [0.05, 0.1) is 4.47 Å². The molecule has 0 bridgehead atoms. The van der Waals surface area contributed by atoms with Gasteiger partial charge in [0, 0.05) is 12.1 Å². The lowest BCUT2D eigenvalue weighted by molar-refractivity contribution is 0.460. The Kier molecular flexibility index (Phi) is 9.77. The highest BCUT2D eigenvalue weighted by molar-refractivity contribution is 9.10. The second-order valence-corrected chi connectivity index (χ2v) is 6.25. The number of rotatable bonds is 11. The minimum absolute atomic E-state index is 0.357. The van der Waals surface area contributed by atoms with E-state index in [1.807, 2.05) is 18.2 Å². The molecule has 0 saturated heterocycles. The van der Waals surface area contributed by atoms with Crippen LogP contribution in [0.2, 0.25) is 0 Å². The Morgan fingerprint density at radius 1 is 1.00 bits per heavy atom. The molecule has 2 N–H and O–H groups in total. The molecule has 0 saturated carbocycles. The number of nitrogens with one attached hydrogen (secondary N) is 1. The molecule has 0 unspecified atom stereocenters. The Hall–Kier alpha value is -0.540. The van der Waals surface area contributed by atoms with E-state index >= 15 is 0 Å². The van der Waals surface area contributed by atoms with E-state index in [1.54, 1.807) is 0 Å². The van der Waals surface area contributed by atoms with Crippen LogP contribution in [0, 0.1) is 0 Å². The van der Waals surface area contributed by atoms with Crippen molar-refractivity contribution in [1.82, 2.24) is 5.32 Å². The molecular formula is C17H28BrNO. The van der Waals surface area contributed by atoms with Crippen LogP contribution in [0.25, 0.3) is 0 Å². The van der Waals surface area contributed by atoms with Crippen LogP contribution in [0.15, 0.2) is 22.7 Å². The van der Waals surface area contributed by atoms with E-state index in [0.717, 1.165) is 23.1 Å². The standard InChI is InChI=1S/C17H28BrNO/c1-2-3-4-5-6-7-8-9-13-19-14-15-11-10-12-16(18)17(15)20/h10-12,19-20H,2-9,13-14H2,1H3. The highest BCUT2D eigenvalue weighted by Gasteiger charge is 2.03. The summed E-state index contributed by atoms with van der Waals surface area (Å²) < 4.78 is 0.767. The number of phenolic OH excluding ortho intramolecular Hbond substituents is 1. The molecule has 0 aliphatic carbocycles. The maximum Gasteiger partial charge on any atom is 0.134 e. The summed E-state index contributed by atoms with van der Waals surface area (Å²) in [5.74, 6) is 0.357. The molecule has 2 nitrogen and oxygen atoms in total. The van der Waals surface area contributed by atoms with E-state index in [1.165, 1.54) is 51.4 Å². The number of hydrogen-bond donors (Lipinski definition) is 2. The third-order valence-corrected chi connectivity index (χ3v) is 4.23. The van der Waals surface area contributed by atoms with Crippen molar-refractivity contribution in [2.75, 3.05) is 6.54 Å². The molecule has 1 aromatic rings. The summed E-state index contributed by atoms with van der Waals surface area (Å²) in [6, 6.07) is 5.77. The largest absolute Gasteiger partial charge is 0.506 e. The van der Waals surface area contributed by atoms with Gasteiger partial charge in [0.2, 0.25) is 0 Å². The Morgan fingerprint density at radius 2 is 1.65 bits per heavy atom. The van der Waals surface area contributed by atoms with Gasteiger partial charge < -0.3 is 10.4 Å². The van der Waals surface area contributed by atoms with Crippen LogP contribution in [0.4, 0.5) is 0 Å². The average Bonchev–Trinajstić information content (AvgIpc) is 2.45. The number of para-hydroxylation sites is 1. The minimum atomic E-state index is 0.357. The molecule has 0 amide bonds. The van der Waals surface area contributed by atoms with Crippen LogP contribution in [0.3, 0.4) is 0 Å². The van der Waals surface area contributed by atoms with Crippen LogP contribution < -0.4 is 5.32 Å². The Bertz CT molecular complexity index is 368. The topological polar surface area (TPSA) is 32.3 Å². The lowest BCUT2D eigenvalue weighted by Crippen LogP contribution is -2.14. The van der Waals surface area contributed by atoms with Crippen molar-refractivity contribution in [3.05, 3.63) is 28.2 Å². The molecule has 20 heavy (non-hydrogen) atoms. The van der Waals surface area contributed by atoms with Crippen LogP contribution in [-0.4, -0.2) is 11.7 Å². The third-order valence-electron chi connectivity index (χ3n) is 3.59. The van der Waals surface area contributed by atoms with Crippen molar-refractivity contribution in [2.24, 2.45) is 0 Å². The van der Waals surface area contributed by atoms with E-state index in [2.05, 4.69) is 28.2 Å². The van der Waals surface area contributed by atoms with E-state index in [9.17, 15) is 5.11 Å². The third kappa shape index (κ3) is 7.30. The van der Waals surface area contributed by atoms with Crippen LogP contribution in [0.5, 0.6) is 5.75 Å². The summed E-state index contributed by atoms with van der Waals surface area (Å²) in [5.41, 5.74) is 0.957. The molecule has 1 rings (SSSR count). The molecule has 0 radical (unpaired) electrons. The molecule has 0 atom stereocenters. The van der Waals surface area contributed by atoms with Gasteiger partial charge in [0.25, 0.3) is 0 Å². The molecule has 0 spiro atoms. The fourth-order valence-electron chi connectivity index (χ4n) is 2.31. The molecule has 0 aromatic heterocycles. The summed E-state index contributed by atoms with van der Waals surface area (Å²) in [6.45, 7) is 4.03. The van der Waals surface area contributed by atoms with Crippen LogP contribution in [-0.2, 0) is 6.54 Å². The Labute approximate surface area is 132 Å². The van der Waals surface area contributed by atoms with Gasteiger partial charge in [0.1, 0.15) is 5.75 Å². The average molecular weight is 342 g/mol. The Morgan fingerprint density at radius 3 is 2.35 bits per heavy atom. The van der Waals surface area contributed by atoms with Crippen molar-refractivity contribution in [1.29, 1.82) is 0 Å². The SMILES string of the molecule is CCCCCCCCCCNCc1cccc(Br)c1O. The predicted octanol–water partition coefficient (Wildman–Crippen LogP) is 5.39. The monoisotopic (exact) mass is 341 g/mol. The smallest absolute Gasteiger partial charge is 0.134 e. The van der Waals surface area contributed by atoms with Crippen molar-refractivity contribution in [3.63, 3.8) is 0 Å². The highest BCUT2D eigenvalue weighted by atomic mass is 79.9. The molecular weight excluding hydrogens is 314 g/mol. The number of unbranched alkanes of at least 4 members (excludes halogenated alkanes) is 7. The van der Waals surface area contributed by atoms with Crippen molar-refractivity contribution < 1.29 is 5.11 Å². The second kappa shape index (κ2) is 11.2. The van der Waals surface area contributed by atoms with E-state index < -0.39 is 0 Å². The number of benzene rings is 1. The number of phenols is 1. The predicted molar refractivity (Wildman–Crippen MR) is 90.1 cm³/mol. The summed E-state index contributed by atoms with van der Waals surface area (Å²) in [7, 11) is 0. The first-order chi connectivity index (χ1) is 9.75. The van der Waals surface area contributed by atoms with E-state index in [0.29, 0.717) is 5.75 Å². The second-order valence-electron chi connectivity index (χ2n) is 5.40. The molecule has 1 aromatic carbocycles. The summed E-state index contributed by atoms with van der Waals surface area (Å²) in [5, 5.41) is 13.3. The molecule has 114 valence electrons. The summed E-state index contributed by atoms with van der Waals surface area (Å²) >= 11 is 3.34. The maximum absolute atomic E-state index is 9.85. The zero-order valence-corrected chi connectivity index (χ0v) is 14.2.